The number of aromatic nitrogens is 1. The van der Waals surface area contributed by atoms with Gasteiger partial charge in [-0.15, -0.1) is 11.3 Å². The zero-order valence-corrected chi connectivity index (χ0v) is 13.5. The van der Waals surface area contributed by atoms with Crippen molar-refractivity contribution in [2.75, 3.05) is 5.32 Å². The Morgan fingerprint density at radius 3 is 2.83 bits per heavy atom. The Bertz CT molecular complexity index is 824. The van der Waals surface area contributed by atoms with Gasteiger partial charge in [-0.2, -0.15) is 0 Å². The van der Waals surface area contributed by atoms with Gasteiger partial charge in [0.1, 0.15) is 0 Å². The fourth-order valence-corrected chi connectivity index (χ4v) is 2.81. The number of hydrogen-bond acceptors (Lipinski definition) is 3. The van der Waals surface area contributed by atoms with Crippen molar-refractivity contribution >= 4 is 29.0 Å². The van der Waals surface area contributed by atoms with Gasteiger partial charge in [0.25, 0.3) is 0 Å². The third kappa shape index (κ3) is 3.93. The smallest absolute Gasteiger partial charge is 0.248 e. The Hall–Kier alpha value is -2.72. The van der Waals surface area contributed by atoms with E-state index in [1.54, 1.807) is 23.6 Å². The number of pyridine rings is 1. The average molecular weight is 320 g/mol. The Labute approximate surface area is 139 Å². The summed E-state index contributed by atoms with van der Waals surface area (Å²) < 4.78 is 0. The molecule has 4 heteroatoms. The molecule has 1 amide bonds. The van der Waals surface area contributed by atoms with E-state index in [1.165, 1.54) is 0 Å². The first-order chi connectivity index (χ1) is 11.2. The Morgan fingerprint density at radius 1 is 1.17 bits per heavy atom. The molecule has 114 valence electrons. The SMILES string of the molecule is Cc1ccc(-c2cccnc2)cc1NC(=O)/C=C/c1cccs1. The second-order valence-corrected chi connectivity index (χ2v) is 6.09. The standard InChI is InChI=1S/C19H16N2OS/c1-14-6-7-15(16-4-2-10-20-13-16)12-18(14)21-19(22)9-8-17-5-3-11-23-17/h2-13H,1H3,(H,21,22)/b9-8+. The topological polar surface area (TPSA) is 42.0 Å². The van der Waals surface area contributed by atoms with E-state index in [9.17, 15) is 4.79 Å². The molecule has 0 aliphatic rings. The summed E-state index contributed by atoms with van der Waals surface area (Å²) in [5, 5.41) is 4.93. The first-order valence-corrected chi connectivity index (χ1v) is 8.14. The van der Waals surface area contributed by atoms with Gasteiger partial charge in [0.05, 0.1) is 0 Å². The molecule has 3 nitrogen and oxygen atoms in total. The van der Waals surface area contributed by atoms with E-state index < -0.39 is 0 Å². The van der Waals surface area contributed by atoms with Gasteiger partial charge in [0.2, 0.25) is 5.91 Å². The molecule has 0 aliphatic heterocycles. The average Bonchev–Trinajstić information content (AvgIpc) is 3.09. The lowest BCUT2D eigenvalue weighted by Gasteiger charge is -2.09. The predicted octanol–water partition coefficient (Wildman–Crippen LogP) is 4.77. The van der Waals surface area contributed by atoms with Crippen LogP contribution in [0.1, 0.15) is 10.4 Å². The van der Waals surface area contributed by atoms with Crippen molar-refractivity contribution in [2.45, 2.75) is 6.92 Å². The highest BCUT2D eigenvalue weighted by molar-refractivity contribution is 7.10. The maximum Gasteiger partial charge on any atom is 0.248 e. The van der Waals surface area contributed by atoms with Gasteiger partial charge in [-0.05, 0) is 47.7 Å². The highest BCUT2D eigenvalue weighted by atomic mass is 32.1. The van der Waals surface area contributed by atoms with Gasteiger partial charge in [0, 0.05) is 34.6 Å². The quantitative estimate of drug-likeness (QED) is 0.704. The number of nitrogens with zero attached hydrogens (tertiary/aromatic N) is 1. The molecule has 0 fully saturated rings. The Kier molecular flexibility index (Phi) is 4.64. The molecule has 0 saturated heterocycles. The highest BCUT2D eigenvalue weighted by Crippen LogP contribution is 2.24. The zero-order valence-electron chi connectivity index (χ0n) is 12.7. The van der Waals surface area contributed by atoms with Crippen molar-refractivity contribution in [1.82, 2.24) is 4.98 Å². The van der Waals surface area contributed by atoms with Crippen LogP contribution in [0.25, 0.3) is 17.2 Å². The molecule has 2 aromatic heterocycles. The van der Waals surface area contributed by atoms with Crippen molar-refractivity contribution in [3.63, 3.8) is 0 Å². The van der Waals surface area contributed by atoms with Crippen LogP contribution in [0.4, 0.5) is 5.69 Å². The van der Waals surface area contributed by atoms with Crippen LogP contribution in [-0.2, 0) is 4.79 Å². The number of carbonyl (C=O) groups is 1. The maximum absolute atomic E-state index is 12.1. The molecule has 23 heavy (non-hydrogen) atoms. The van der Waals surface area contributed by atoms with Gasteiger partial charge >= 0.3 is 0 Å². The maximum atomic E-state index is 12.1. The number of hydrogen-bond donors (Lipinski definition) is 1. The van der Waals surface area contributed by atoms with Crippen LogP contribution < -0.4 is 5.32 Å². The van der Waals surface area contributed by atoms with Gasteiger partial charge in [-0.25, -0.2) is 0 Å². The first-order valence-electron chi connectivity index (χ1n) is 7.26. The molecule has 3 aromatic rings. The van der Waals surface area contributed by atoms with E-state index in [2.05, 4.69) is 10.3 Å². The van der Waals surface area contributed by atoms with Crippen molar-refractivity contribution in [1.29, 1.82) is 0 Å². The number of benzene rings is 1. The Balaban J connectivity index is 1.78. The minimum atomic E-state index is -0.134. The highest BCUT2D eigenvalue weighted by Gasteiger charge is 2.05. The van der Waals surface area contributed by atoms with Crippen molar-refractivity contribution in [2.24, 2.45) is 0 Å². The normalized spacial score (nSPS) is 10.8. The minimum Gasteiger partial charge on any atom is -0.322 e. The predicted molar refractivity (Wildman–Crippen MR) is 96.4 cm³/mol. The summed E-state index contributed by atoms with van der Waals surface area (Å²) in [7, 11) is 0. The summed E-state index contributed by atoms with van der Waals surface area (Å²) in [6.45, 7) is 1.98. The van der Waals surface area contributed by atoms with Crippen molar-refractivity contribution in [3.05, 3.63) is 76.8 Å². The molecule has 0 bridgehead atoms. The van der Waals surface area contributed by atoms with Crippen LogP contribution in [0.3, 0.4) is 0 Å². The number of anilines is 1. The lowest BCUT2D eigenvalue weighted by atomic mass is 10.0. The third-order valence-corrected chi connectivity index (χ3v) is 4.27. The summed E-state index contributed by atoms with van der Waals surface area (Å²) in [5.74, 6) is -0.134. The van der Waals surface area contributed by atoms with E-state index in [0.717, 1.165) is 27.3 Å². The number of nitrogens with one attached hydrogen (secondary N) is 1. The number of thiophene rings is 1. The van der Waals surface area contributed by atoms with Crippen LogP contribution >= 0.6 is 11.3 Å². The number of aryl methyl sites for hydroxylation is 1. The lowest BCUT2D eigenvalue weighted by Crippen LogP contribution is -2.09. The number of rotatable bonds is 4. The van der Waals surface area contributed by atoms with Crippen LogP contribution in [0, 0.1) is 6.92 Å². The first kappa shape index (κ1) is 15.2. The van der Waals surface area contributed by atoms with Crippen LogP contribution in [0.5, 0.6) is 0 Å². The molecule has 2 heterocycles. The monoisotopic (exact) mass is 320 g/mol. The molecule has 0 radical (unpaired) electrons. The Morgan fingerprint density at radius 2 is 2.09 bits per heavy atom. The second-order valence-electron chi connectivity index (χ2n) is 5.11. The van der Waals surface area contributed by atoms with E-state index in [4.69, 9.17) is 0 Å². The van der Waals surface area contributed by atoms with Gasteiger partial charge in [0.15, 0.2) is 0 Å². The van der Waals surface area contributed by atoms with E-state index in [-0.39, 0.29) is 5.91 Å². The second kappa shape index (κ2) is 7.03. The lowest BCUT2D eigenvalue weighted by molar-refractivity contribution is -0.111. The zero-order chi connectivity index (χ0) is 16.1. The molecule has 0 spiro atoms. The van der Waals surface area contributed by atoms with E-state index in [0.29, 0.717) is 0 Å². The molecule has 3 rings (SSSR count). The molecule has 0 atom stereocenters. The molecule has 1 N–H and O–H groups in total. The van der Waals surface area contributed by atoms with Crippen LogP contribution in [0.2, 0.25) is 0 Å². The van der Waals surface area contributed by atoms with Gasteiger partial charge < -0.3 is 5.32 Å². The van der Waals surface area contributed by atoms with Gasteiger partial charge in [-0.3, -0.25) is 9.78 Å². The van der Waals surface area contributed by atoms with Crippen molar-refractivity contribution in [3.8, 4) is 11.1 Å². The third-order valence-electron chi connectivity index (χ3n) is 3.43. The fraction of sp³-hybridized carbons (Fsp3) is 0.0526. The molecular weight excluding hydrogens is 304 g/mol. The summed E-state index contributed by atoms with van der Waals surface area (Å²) in [4.78, 5) is 17.3. The molecule has 1 aromatic carbocycles. The molecule has 0 aliphatic carbocycles. The summed E-state index contributed by atoms with van der Waals surface area (Å²) in [6.07, 6.45) is 6.94. The molecule has 0 saturated carbocycles. The summed E-state index contributed by atoms with van der Waals surface area (Å²) in [6, 6.07) is 13.8. The summed E-state index contributed by atoms with van der Waals surface area (Å²) in [5.41, 5.74) is 3.89. The summed E-state index contributed by atoms with van der Waals surface area (Å²) >= 11 is 1.60. The van der Waals surface area contributed by atoms with Crippen molar-refractivity contribution < 1.29 is 4.79 Å². The number of amides is 1. The van der Waals surface area contributed by atoms with E-state index in [1.807, 2.05) is 67.0 Å². The van der Waals surface area contributed by atoms with E-state index >= 15 is 0 Å². The van der Waals surface area contributed by atoms with Crippen LogP contribution in [0.15, 0.2) is 66.3 Å². The minimum absolute atomic E-state index is 0.134. The molecule has 0 unspecified atom stereocenters. The fourth-order valence-electron chi connectivity index (χ4n) is 2.19. The largest absolute Gasteiger partial charge is 0.322 e. The van der Waals surface area contributed by atoms with Crippen LogP contribution in [-0.4, -0.2) is 10.9 Å². The molecular formula is C19H16N2OS. The number of carbonyl (C=O) groups excluding carboxylic acids is 1. The van der Waals surface area contributed by atoms with Gasteiger partial charge in [-0.1, -0.05) is 24.3 Å².